The van der Waals surface area contributed by atoms with Crippen molar-refractivity contribution in [2.75, 3.05) is 5.32 Å². The van der Waals surface area contributed by atoms with Crippen molar-refractivity contribution in [2.45, 2.75) is 26.8 Å². The first kappa shape index (κ1) is 13.0. The summed E-state index contributed by atoms with van der Waals surface area (Å²) in [4.78, 5) is 1.34. The largest absolute Gasteiger partial charge is 0.508 e. The highest BCUT2D eigenvalue weighted by atomic mass is 32.1. The summed E-state index contributed by atoms with van der Waals surface area (Å²) in [6.07, 6.45) is 0. The van der Waals surface area contributed by atoms with E-state index in [-0.39, 0.29) is 0 Å². The molecule has 3 heteroatoms. The van der Waals surface area contributed by atoms with E-state index < -0.39 is 0 Å². The van der Waals surface area contributed by atoms with Crippen molar-refractivity contribution in [1.82, 2.24) is 0 Å². The van der Waals surface area contributed by atoms with Gasteiger partial charge in [-0.3, -0.25) is 0 Å². The topological polar surface area (TPSA) is 32.3 Å². The van der Waals surface area contributed by atoms with Crippen LogP contribution in [0.1, 0.15) is 30.3 Å². The van der Waals surface area contributed by atoms with Gasteiger partial charge in [-0.1, -0.05) is 19.9 Å². The number of benzene rings is 1. The number of anilines is 1. The van der Waals surface area contributed by atoms with Crippen LogP contribution in [0.3, 0.4) is 0 Å². The Bertz CT molecular complexity index is 505. The molecule has 2 aromatic rings. The Morgan fingerprint density at radius 2 is 2.00 bits per heavy atom. The minimum absolute atomic E-state index is 0.314. The van der Waals surface area contributed by atoms with E-state index in [0.717, 1.165) is 11.3 Å². The van der Waals surface area contributed by atoms with Crippen molar-refractivity contribution in [2.24, 2.45) is 5.92 Å². The highest BCUT2D eigenvalue weighted by molar-refractivity contribution is 7.10. The first-order valence-corrected chi connectivity index (χ1v) is 7.05. The first-order valence-electron chi connectivity index (χ1n) is 6.17. The van der Waals surface area contributed by atoms with Crippen LogP contribution in [-0.2, 0) is 0 Å². The van der Waals surface area contributed by atoms with Gasteiger partial charge in [0.1, 0.15) is 5.75 Å². The lowest BCUT2D eigenvalue weighted by atomic mass is 10.0. The van der Waals surface area contributed by atoms with Gasteiger partial charge in [-0.25, -0.2) is 0 Å². The third-order valence-electron chi connectivity index (χ3n) is 3.04. The molecule has 1 aromatic heterocycles. The Labute approximate surface area is 112 Å². The second kappa shape index (κ2) is 5.44. The number of phenols is 1. The Hall–Kier alpha value is -1.48. The fraction of sp³-hybridized carbons (Fsp3) is 0.333. The molecule has 0 bridgehead atoms. The van der Waals surface area contributed by atoms with Crippen LogP contribution in [0, 0.1) is 12.8 Å². The predicted molar refractivity (Wildman–Crippen MR) is 78.4 cm³/mol. The van der Waals surface area contributed by atoms with Crippen LogP contribution in [0.25, 0.3) is 0 Å². The predicted octanol–water partition coefficient (Wildman–Crippen LogP) is 4.57. The Morgan fingerprint density at radius 3 is 2.56 bits per heavy atom. The van der Waals surface area contributed by atoms with Crippen molar-refractivity contribution >= 4 is 17.0 Å². The monoisotopic (exact) mass is 261 g/mol. The highest BCUT2D eigenvalue weighted by Gasteiger charge is 2.16. The van der Waals surface area contributed by atoms with Gasteiger partial charge in [0.25, 0.3) is 0 Å². The molecule has 0 saturated heterocycles. The molecule has 0 aliphatic rings. The lowest BCUT2D eigenvalue weighted by Gasteiger charge is -2.22. The van der Waals surface area contributed by atoms with Crippen molar-refractivity contribution in [3.63, 3.8) is 0 Å². The van der Waals surface area contributed by atoms with Gasteiger partial charge in [-0.2, -0.15) is 0 Å². The average Bonchev–Trinajstić information content (AvgIpc) is 2.83. The smallest absolute Gasteiger partial charge is 0.118 e. The van der Waals surface area contributed by atoms with E-state index in [0.29, 0.717) is 17.7 Å². The molecule has 1 heterocycles. The van der Waals surface area contributed by atoms with Gasteiger partial charge in [0.05, 0.1) is 6.04 Å². The second-order valence-electron chi connectivity index (χ2n) is 4.88. The molecule has 2 nitrogen and oxygen atoms in total. The van der Waals surface area contributed by atoms with Crippen LogP contribution >= 0.6 is 11.3 Å². The maximum Gasteiger partial charge on any atom is 0.118 e. The number of nitrogens with one attached hydrogen (secondary N) is 1. The molecular formula is C15H19NOS. The van der Waals surface area contributed by atoms with Crippen LogP contribution in [0.4, 0.5) is 5.69 Å². The zero-order valence-corrected chi connectivity index (χ0v) is 11.8. The third kappa shape index (κ3) is 2.85. The SMILES string of the molecule is Cc1cc(NC(c2cccs2)C(C)C)ccc1O. The van der Waals surface area contributed by atoms with Crippen molar-refractivity contribution in [1.29, 1.82) is 0 Å². The van der Waals surface area contributed by atoms with Gasteiger partial charge < -0.3 is 10.4 Å². The molecule has 2 rings (SSSR count). The quantitative estimate of drug-likeness (QED) is 0.790. The van der Waals surface area contributed by atoms with E-state index in [1.807, 2.05) is 19.1 Å². The molecule has 0 spiro atoms. The number of thiophene rings is 1. The molecule has 0 aliphatic carbocycles. The number of aromatic hydroxyl groups is 1. The number of hydrogen-bond donors (Lipinski definition) is 2. The molecule has 18 heavy (non-hydrogen) atoms. The Balaban J connectivity index is 2.21. The van der Waals surface area contributed by atoms with E-state index in [4.69, 9.17) is 0 Å². The van der Waals surface area contributed by atoms with Crippen molar-refractivity contribution in [3.05, 3.63) is 46.2 Å². The van der Waals surface area contributed by atoms with Crippen LogP contribution in [-0.4, -0.2) is 5.11 Å². The van der Waals surface area contributed by atoms with Gasteiger partial charge in [0, 0.05) is 10.6 Å². The van der Waals surface area contributed by atoms with Crippen LogP contribution in [0.5, 0.6) is 5.75 Å². The van der Waals surface area contributed by atoms with Crippen LogP contribution < -0.4 is 5.32 Å². The average molecular weight is 261 g/mol. The van der Waals surface area contributed by atoms with Gasteiger partial charge in [-0.15, -0.1) is 11.3 Å². The van der Waals surface area contributed by atoms with E-state index in [1.54, 1.807) is 17.4 Å². The molecule has 1 unspecified atom stereocenters. The summed E-state index contributed by atoms with van der Waals surface area (Å²) in [6, 6.07) is 10.2. The minimum atomic E-state index is 0.314. The minimum Gasteiger partial charge on any atom is -0.508 e. The lowest BCUT2D eigenvalue weighted by molar-refractivity contribution is 0.471. The van der Waals surface area contributed by atoms with Gasteiger partial charge in [0.15, 0.2) is 0 Å². The summed E-state index contributed by atoms with van der Waals surface area (Å²) in [7, 11) is 0. The molecule has 0 radical (unpaired) electrons. The summed E-state index contributed by atoms with van der Waals surface area (Å²) in [6.45, 7) is 6.34. The fourth-order valence-corrected chi connectivity index (χ4v) is 2.91. The Morgan fingerprint density at radius 1 is 1.22 bits per heavy atom. The number of aryl methyl sites for hydroxylation is 1. The molecule has 0 amide bonds. The molecule has 0 saturated carbocycles. The van der Waals surface area contributed by atoms with Crippen molar-refractivity contribution in [3.8, 4) is 5.75 Å². The highest BCUT2D eigenvalue weighted by Crippen LogP contribution is 2.31. The zero-order chi connectivity index (χ0) is 13.1. The summed E-state index contributed by atoms with van der Waals surface area (Å²) in [5, 5.41) is 15.2. The van der Waals surface area contributed by atoms with Crippen molar-refractivity contribution < 1.29 is 5.11 Å². The normalized spacial score (nSPS) is 12.7. The van der Waals surface area contributed by atoms with Gasteiger partial charge in [0.2, 0.25) is 0 Å². The lowest BCUT2D eigenvalue weighted by Crippen LogP contribution is -2.15. The molecule has 1 atom stereocenters. The molecular weight excluding hydrogens is 242 g/mol. The second-order valence-corrected chi connectivity index (χ2v) is 5.86. The summed E-state index contributed by atoms with van der Waals surface area (Å²) < 4.78 is 0. The number of hydrogen-bond acceptors (Lipinski definition) is 3. The summed E-state index contributed by atoms with van der Waals surface area (Å²) in [5.74, 6) is 0.857. The van der Waals surface area contributed by atoms with E-state index >= 15 is 0 Å². The molecule has 96 valence electrons. The maximum atomic E-state index is 9.55. The van der Waals surface area contributed by atoms with Gasteiger partial charge >= 0.3 is 0 Å². The molecule has 1 aromatic carbocycles. The van der Waals surface area contributed by atoms with E-state index in [1.165, 1.54) is 4.88 Å². The fourth-order valence-electron chi connectivity index (χ4n) is 1.96. The van der Waals surface area contributed by atoms with Gasteiger partial charge in [-0.05, 0) is 48.1 Å². The summed E-state index contributed by atoms with van der Waals surface area (Å²) in [5.41, 5.74) is 1.95. The molecule has 0 aliphatic heterocycles. The zero-order valence-electron chi connectivity index (χ0n) is 11.0. The van der Waals surface area contributed by atoms with E-state index in [2.05, 4.69) is 36.7 Å². The first-order chi connectivity index (χ1) is 8.58. The summed E-state index contributed by atoms with van der Waals surface area (Å²) >= 11 is 1.77. The standard InChI is InChI=1S/C15H19NOS/c1-10(2)15(14-5-4-8-18-14)16-12-6-7-13(17)11(3)9-12/h4-10,15-17H,1-3H3. The van der Waals surface area contributed by atoms with E-state index in [9.17, 15) is 5.11 Å². The number of rotatable bonds is 4. The molecule has 2 N–H and O–H groups in total. The maximum absolute atomic E-state index is 9.55. The molecule has 0 fully saturated rings. The Kier molecular flexibility index (Phi) is 3.92. The number of phenolic OH excluding ortho intramolecular Hbond substituents is 1. The third-order valence-corrected chi connectivity index (χ3v) is 3.99. The van der Waals surface area contributed by atoms with Crippen LogP contribution in [0.2, 0.25) is 0 Å². The van der Waals surface area contributed by atoms with Crippen LogP contribution in [0.15, 0.2) is 35.7 Å².